The lowest BCUT2D eigenvalue weighted by Gasteiger charge is -2.38. The Labute approximate surface area is 153 Å². The average molecular weight is 359 g/mol. The molecule has 1 aliphatic heterocycles. The first kappa shape index (κ1) is 18.4. The van der Waals surface area contributed by atoms with Gasteiger partial charge in [0.15, 0.2) is 0 Å². The van der Waals surface area contributed by atoms with Crippen LogP contribution in [0.25, 0.3) is 0 Å². The standard InChI is InChI=1S/C19H26FN5O/c1-13-18(14(2)23(4)22-13)21-19(26)15(3)24-9-11-25(12-10-24)17-7-5-16(20)6-8-17/h5-8,15H,9-12H2,1-4H3,(H,21,26)/t15-/m1/s1. The van der Waals surface area contributed by atoms with E-state index in [1.165, 1.54) is 12.1 Å². The summed E-state index contributed by atoms with van der Waals surface area (Å²) >= 11 is 0. The molecule has 3 rings (SSSR count). The summed E-state index contributed by atoms with van der Waals surface area (Å²) in [5, 5.41) is 7.37. The Morgan fingerprint density at radius 1 is 1.15 bits per heavy atom. The van der Waals surface area contributed by atoms with Crippen LogP contribution >= 0.6 is 0 Å². The van der Waals surface area contributed by atoms with E-state index in [4.69, 9.17) is 0 Å². The normalized spacial score (nSPS) is 16.6. The van der Waals surface area contributed by atoms with Crippen LogP contribution in [0.5, 0.6) is 0 Å². The average Bonchev–Trinajstić information content (AvgIpc) is 2.88. The molecule has 1 aliphatic rings. The predicted octanol–water partition coefficient (Wildman–Crippen LogP) is 2.33. The monoisotopic (exact) mass is 359 g/mol. The minimum Gasteiger partial charge on any atom is -0.369 e. The number of carbonyl (C=O) groups excluding carboxylic acids is 1. The molecule has 0 bridgehead atoms. The molecule has 0 unspecified atom stereocenters. The molecule has 2 aromatic rings. The van der Waals surface area contributed by atoms with Gasteiger partial charge in [0, 0.05) is 38.9 Å². The summed E-state index contributed by atoms with van der Waals surface area (Å²) in [5.74, 6) is -0.238. The maximum absolute atomic E-state index is 13.1. The van der Waals surface area contributed by atoms with Gasteiger partial charge < -0.3 is 10.2 Å². The summed E-state index contributed by atoms with van der Waals surface area (Å²) in [6.07, 6.45) is 0. The fraction of sp³-hybridized carbons (Fsp3) is 0.474. The summed E-state index contributed by atoms with van der Waals surface area (Å²) < 4.78 is 14.8. The number of rotatable bonds is 4. The highest BCUT2D eigenvalue weighted by atomic mass is 19.1. The number of anilines is 2. The van der Waals surface area contributed by atoms with Crippen molar-refractivity contribution >= 4 is 17.3 Å². The zero-order chi connectivity index (χ0) is 18.8. The summed E-state index contributed by atoms with van der Waals surface area (Å²) in [6, 6.07) is 6.35. The number of amides is 1. The van der Waals surface area contributed by atoms with Gasteiger partial charge in [-0.3, -0.25) is 14.4 Å². The van der Waals surface area contributed by atoms with Gasteiger partial charge in [-0.15, -0.1) is 0 Å². The van der Waals surface area contributed by atoms with Crippen molar-refractivity contribution in [1.29, 1.82) is 0 Å². The van der Waals surface area contributed by atoms with E-state index in [0.717, 1.165) is 48.9 Å². The number of aromatic nitrogens is 2. The Hall–Kier alpha value is -2.41. The zero-order valence-corrected chi connectivity index (χ0v) is 15.8. The number of hydrogen-bond acceptors (Lipinski definition) is 4. The minimum absolute atomic E-state index is 0.0144. The third-order valence-corrected chi connectivity index (χ3v) is 5.19. The van der Waals surface area contributed by atoms with Crippen LogP contribution in [0.2, 0.25) is 0 Å². The number of aryl methyl sites for hydroxylation is 2. The van der Waals surface area contributed by atoms with Gasteiger partial charge in [0.2, 0.25) is 5.91 Å². The van der Waals surface area contributed by atoms with E-state index in [1.807, 2.05) is 27.8 Å². The van der Waals surface area contributed by atoms with Crippen molar-refractivity contribution in [3.63, 3.8) is 0 Å². The van der Waals surface area contributed by atoms with Gasteiger partial charge >= 0.3 is 0 Å². The second kappa shape index (κ2) is 7.45. The van der Waals surface area contributed by atoms with E-state index in [9.17, 15) is 9.18 Å². The van der Waals surface area contributed by atoms with Gasteiger partial charge in [0.1, 0.15) is 5.82 Å². The lowest BCUT2D eigenvalue weighted by Crippen LogP contribution is -2.52. The first-order chi connectivity index (χ1) is 12.4. The summed E-state index contributed by atoms with van der Waals surface area (Å²) in [6.45, 7) is 8.98. The van der Waals surface area contributed by atoms with Crippen LogP contribution in [0.15, 0.2) is 24.3 Å². The number of nitrogens with zero attached hydrogens (tertiary/aromatic N) is 4. The van der Waals surface area contributed by atoms with Crippen LogP contribution in [0.4, 0.5) is 15.8 Å². The van der Waals surface area contributed by atoms with Gasteiger partial charge in [-0.1, -0.05) is 0 Å². The molecule has 26 heavy (non-hydrogen) atoms. The van der Waals surface area contributed by atoms with E-state index in [0.29, 0.717) is 0 Å². The molecule has 1 saturated heterocycles. The molecule has 6 nitrogen and oxygen atoms in total. The molecule has 1 atom stereocenters. The smallest absolute Gasteiger partial charge is 0.241 e. The summed E-state index contributed by atoms with van der Waals surface area (Å²) in [4.78, 5) is 17.1. The molecule has 1 amide bonds. The molecule has 1 N–H and O–H groups in total. The predicted molar refractivity (Wildman–Crippen MR) is 101 cm³/mol. The molecule has 140 valence electrons. The fourth-order valence-corrected chi connectivity index (χ4v) is 3.37. The Balaban J connectivity index is 1.58. The summed E-state index contributed by atoms with van der Waals surface area (Å²) in [5.41, 5.74) is 3.59. The van der Waals surface area contributed by atoms with Crippen molar-refractivity contribution < 1.29 is 9.18 Å². The molecule has 0 aliphatic carbocycles. The number of carbonyl (C=O) groups is 1. The first-order valence-electron chi connectivity index (χ1n) is 8.92. The first-order valence-corrected chi connectivity index (χ1v) is 8.92. The molecule has 2 heterocycles. The number of hydrogen-bond donors (Lipinski definition) is 1. The van der Waals surface area contributed by atoms with Crippen molar-refractivity contribution in [2.45, 2.75) is 26.8 Å². The van der Waals surface area contributed by atoms with Crippen molar-refractivity contribution in [3.05, 3.63) is 41.5 Å². The van der Waals surface area contributed by atoms with E-state index in [-0.39, 0.29) is 17.8 Å². The maximum Gasteiger partial charge on any atom is 0.241 e. The van der Waals surface area contributed by atoms with E-state index < -0.39 is 0 Å². The minimum atomic E-state index is -0.223. The maximum atomic E-state index is 13.1. The highest BCUT2D eigenvalue weighted by Crippen LogP contribution is 2.21. The Morgan fingerprint density at radius 3 is 2.31 bits per heavy atom. The number of halogens is 1. The quantitative estimate of drug-likeness (QED) is 0.910. The van der Waals surface area contributed by atoms with Crippen molar-refractivity contribution in [3.8, 4) is 0 Å². The molecule has 1 aromatic carbocycles. The van der Waals surface area contributed by atoms with Crippen LogP contribution in [0, 0.1) is 19.7 Å². The topological polar surface area (TPSA) is 53.4 Å². The third-order valence-electron chi connectivity index (χ3n) is 5.19. The van der Waals surface area contributed by atoms with Gasteiger partial charge in [0.25, 0.3) is 0 Å². The van der Waals surface area contributed by atoms with Crippen LogP contribution in [0.3, 0.4) is 0 Å². The van der Waals surface area contributed by atoms with Gasteiger partial charge in [-0.05, 0) is 45.0 Å². The molecule has 7 heteroatoms. The fourth-order valence-electron chi connectivity index (χ4n) is 3.37. The van der Waals surface area contributed by atoms with Gasteiger partial charge in [0.05, 0.1) is 23.1 Å². The Bertz CT molecular complexity index is 778. The molecule has 0 spiro atoms. The van der Waals surface area contributed by atoms with E-state index in [1.54, 1.807) is 16.8 Å². The van der Waals surface area contributed by atoms with Gasteiger partial charge in [-0.25, -0.2) is 4.39 Å². The SMILES string of the molecule is Cc1nn(C)c(C)c1NC(=O)[C@@H](C)N1CCN(c2ccc(F)cc2)CC1. The molecule has 0 saturated carbocycles. The molecule has 1 aromatic heterocycles. The highest BCUT2D eigenvalue weighted by Gasteiger charge is 2.26. The number of benzene rings is 1. The molecular weight excluding hydrogens is 333 g/mol. The molecule has 1 fully saturated rings. The van der Waals surface area contributed by atoms with Crippen LogP contribution in [0.1, 0.15) is 18.3 Å². The largest absolute Gasteiger partial charge is 0.369 e. The van der Waals surface area contributed by atoms with Crippen LogP contribution in [-0.4, -0.2) is 52.8 Å². The lowest BCUT2D eigenvalue weighted by atomic mass is 10.2. The van der Waals surface area contributed by atoms with Gasteiger partial charge in [-0.2, -0.15) is 5.10 Å². The molecular formula is C19H26FN5O. The number of nitrogens with one attached hydrogen (secondary N) is 1. The van der Waals surface area contributed by atoms with Crippen molar-refractivity contribution in [2.75, 3.05) is 36.4 Å². The Morgan fingerprint density at radius 2 is 1.77 bits per heavy atom. The second-order valence-corrected chi connectivity index (χ2v) is 6.83. The van der Waals surface area contributed by atoms with Crippen molar-refractivity contribution in [2.24, 2.45) is 7.05 Å². The van der Waals surface area contributed by atoms with Crippen LogP contribution in [-0.2, 0) is 11.8 Å². The summed E-state index contributed by atoms with van der Waals surface area (Å²) in [7, 11) is 1.87. The third kappa shape index (κ3) is 3.72. The van der Waals surface area contributed by atoms with Crippen molar-refractivity contribution in [1.82, 2.24) is 14.7 Å². The Kier molecular flexibility index (Phi) is 5.27. The van der Waals surface area contributed by atoms with E-state index in [2.05, 4.69) is 20.2 Å². The second-order valence-electron chi connectivity index (χ2n) is 6.83. The number of piperazine rings is 1. The zero-order valence-electron chi connectivity index (χ0n) is 15.8. The van der Waals surface area contributed by atoms with Crippen LogP contribution < -0.4 is 10.2 Å². The highest BCUT2D eigenvalue weighted by molar-refractivity contribution is 5.95. The lowest BCUT2D eigenvalue weighted by molar-refractivity contribution is -0.120. The molecule has 0 radical (unpaired) electrons. The van der Waals surface area contributed by atoms with E-state index >= 15 is 0 Å².